The van der Waals surface area contributed by atoms with Gasteiger partial charge in [-0.25, -0.2) is 4.98 Å². The van der Waals surface area contributed by atoms with Gasteiger partial charge in [-0.15, -0.1) is 0 Å². The molecule has 1 aromatic heterocycles. The van der Waals surface area contributed by atoms with E-state index in [0.717, 1.165) is 11.1 Å². The SMILES string of the molecule is COc1cc(C)c(C(C)O)cn1. The van der Waals surface area contributed by atoms with Gasteiger partial charge in [0.1, 0.15) is 0 Å². The zero-order valence-electron chi connectivity index (χ0n) is 7.53. The van der Waals surface area contributed by atoms with Crippen LogP contribution in [0.4, 0.5) is 0 Å². The second kappa shape index (κ2) is 3.54. The Bertz CT molecular complexity index is 271. The minimum Gasteiger partial charge on any atom is -0.481 e. The molecule has 0 saturated heterocycles. The van der Waals surface area contributed by atoms with Crippen molar-refractivity contribution < 1.29 is 9.84 Å². The predicted octanol–water partition coefficient (Wildman–Crippen LogP) is 1.45. The topological polar surface area (TPSA) is 42.4 Å². The molecule has 0 aliphatic carbocycles. The van der Waals surface area contributed by atoms with E-state index in [0.29, 0.717) is 5.88 Å². The third kappa shape index (κ3) is 1.74. The molecule has 0 aromatic carbocycles. The Labute approximate surface area is 72.0 Å². The summed E-state index contributed by atoms with van der Waals surface area (Å²) in [5, 5.41) is 9.29. The van der Waals surface area contributed by atoms with E-state index in [1.54, 1.807) is 20.2 Å². The molecule has 0 saturated carbocycles. The Balaban J connectivity index is 3.03. The zero-order valence-corrected chi connectivity index (χ0v) is 7.53. The molecule has 0 aliphatic heterocycles. The monoisotopic (exact) mass is 167 g/mol. The molecule has 1 atom stereocenters. The number of aromatic nitrogens is 1. The summed E-state index contributed by atoms with van der Waals surface area (Å²) in [4.78, 5) is 4.00. The molecule has 66 valence electrons. The Morgan fingerprint density at radius 3 is 2.67 bits per heavy atom. The fraction of sp³-hybridized carbons (Fsp3) is 0.444. The summed E-state index contributed by atoms with van der Waals surface area (Å²) < 4.78 is 4.94. The molecule has 0 fully saturated rings. The number of nitrogens with zero attached hydrogens (tertiary/aromatic N) is 1. The Morgan fingerprint density at radius 1 is 1.58 bits per heavy atom. The maximum absolute atomic E-state index is 9.29. The zero-order chi connectivity index (χ0) is 9.14. The molecular weight excluding hydrogens is 154 g/mol. The third-order valence-electron chi connectivity index (χ3n) is 1.79. The van der Waals surface area contributed by atoms with Crippen LogP contribution in [0.1, 0.15) is 24.2 Å². The molecule has 3 nitrogen and oxygen atoms in total. The van der Waals surface area contributed by atoms with Gasteiger partial charge >= 0.3 is 0 Å². The van der Waals surface area contributed by atoms with Gasteiger partial charge in [0.15, 0.2) is 0 Å². The van der Waals surface area contributed by atoms with E-state index >= 15 is 0 Å². The molecular formula is C9H13NO2. The van der Waals surface area contributed by atoms with Gasteiger partial charge in [0.25, 0.3) is 0 Å². The van der Waals surface area contributed by atoms with Gasteiger partial charge in [-0.05, 0) is 19.4 Å². The molecule has 3 heteroatoms. The first-order chi connectivity index (χ1) is 5.65. The summed E-state index contributed by atoms with van der Waals surface area (Å²) in [6.07, 6.45) is 1.17. The molecule has 1 unspecified atom stereocenters. The molecule has 1 rings (SSSR count). The van der Waals surface area contributed by atoms with E-state index in [9.17, 15) is 5.11 Å². The number of methoxy groups -OCH3 is 1. The standard InChI is InChI=1S/C9H13NO2/c1-6-4-9(12-3)10-5-8(6)7(2)11/h4-5,7,11H,1-3H3. The van der Waals surface area contributed by atoms with E-state index in [2.05, 4.69) is 4.98 Å². The lowest BCUT2D eigenvalue weighted by molar-refractivity contribution is 0.198. The van der Waals surface area contributed by atoms with E-state index in [1.165, 1.54) is 0 Å². The molecule has 0 spiro atoms. The summed E-state index contributed by atoms with van der Waals surface area (Å²) in [5.74, 6) is 0.580. The highest BCUT2D eigenvalue weighted by Crippen LogP contribution is 2.18. The first-order valence-electron chi connectivity index (χ1n) is 3.83. The van der Waals surface area contributed by atoms with Crippen LogP contribution < -0.4 is 4.74 Å². The van der Waals surface area contributed by atoms with E-state index in [-0.39, 0.29) is 0 Å². The molecule has 1 heterocycles. The number of aryl methyl sites for hydroxylation is 1. The molecule has 1 N–H and O–H groups in total. The van der Waals surface area contributed by atoms with Crippen molar-refractivity contribution in [3.8, 4) is 5.88 Å². The second-order valence-electron chi connectivity index (χ2n) is 2.76. The molecule has 0 bridgehead atoms. The number of hydrogen-bond donors (Lipinski definition) is 1. The van der Waals surface area contributed by atoms with E-state index < -0.39 is 6.10 Å². The fourth-order valence-corrected chi connectivity index (χ4v) is 1.09. The summed E-state index contributed by atoms with van der Waals surface area (Å²) in [6, 6.07) is 1.81. The maximum Gasteiger partial charge on any atom is 0.213 e. The number of pyridine rings is 1. The van der Waals surface area contributed by atoms with Crippen LogP contribution in [0.2, 0.25) is 0 Å². The summed E-state index contributed by atoms with van der Waals surface area (Å²) in [7, 11) is 1.57. The lowest BCUT2D eigenvalue weighted by atomic mass is 10.1. The van der Waals surface area contributed by atoms with Crippen molar-refractivity contribution in [1.29, 1.82) is 0 Å². The third-order valence-corrected chi connectivity index (χ3v) is 1.79. The molecule has 0 radical (unpaired) electrons. The smallest absolute Gasteiger partial charge is 0.213 e. The Hall–Kier alpha value is -1.09. The Morgan fingerprint density at radius 2 is 2.25 bits per heavy atom. The van der Waals surface area contributed by atoms with E-state index in [4.69, 9.17) is 4.74 Å². The van der Waals surface area contributed by atoms with Crippen molar-refractivity contribution in [3.63, 3.8) is 0 Å². The van der Waals surface area contributed by atoms with Crippen LogP contribution in [0.25, 0.3) is 0 Å². The average Bonchev–Trinajstić information content (AvgIpc) is 2.03. The maximum atomic E-state index is 9.29. The van der Waals surface area contributed by atoms with Gasteiger partial charge in [0, 0.05) is 17.8 Å². The van der Waals surface area contributed by atoms with Gasteiger partial charge in [-0.1, -0.05) is 0 Å². The minimum atomic E-state index is -0.469. The molecule has 1 aromatic rings. The van der Waals surface area contributed by atoms with Crippen LogP contribution in [0.3, 0.4) is 0 Å². The largest absolute Gasteiger partial charge is 0.481 e. The van der Waals surface area contributed by atoms with Crippen molar-refractivity contribution in [2.45, 2.75) is 20.0 Å². The minimum absolute atomic E-state index is 0.469. The van der Waals surface area contributed by atoms with Gasteiger partial charge in [0.05, 0.1) is 13.2 Å². The summed E-state index contributed by atoms with van der Waals surface area (Å²) >= 11 is 0. The number of aliphatic hydroxyl groups is 1. The van der Waals surface area contributed by atoms with Crippen molar-refractivity contribution >= 4 is 0 Å². The lowest BCUT2D eigenvalue weighted by Crippen LogP contribution is -1.97. The van der Waals surface area contributed by atoms with Crippen LogP contribution in [-0.4, -0.2) is 17.2 Å². The normalized spacial score (nSPS) is 12.7. The molecule has 12 heavy (non-hydrogen) atoms. The van der Waals surface area contributed by atoms with Crippen molar-refractivity contribution in [2.24, 2.45) is 0 Å². The first-order valence-corrected chi connectivity index (χ1v) is 3.83. The lowest BCUT2D eigenvalue weighted by Gasteiger charge is -2.08. The van der Waals surface area contributed by atoms with Gasteiger partial charge in [-0.2, -0.15) is 0 Å². The van der Waals surface area contributed by atoms with Gasteiger partial charge < -0.3 is 9.84 Å². The van der Waals surface area contributed by atoms with Gasteiger partial charge in [-0.3, -0.25) is 0 Å². The van der Waals surface area contributed by atoms with Crippen LogP contribution in [0.15, 0.2) is 12.3 Å². The average molecular weight is 167 g/mol. The van der Waals surface area contributed by atoms with Gasteiger partial charge in [0.2, 0.25) is 5.88 Å². The number of hydrogen-bond acceptors (Lipinski definition) is 3. The first kappa shape index (κ1) is 9.00. The van der Waals surface area contributed by atoms with Crippen LogP contribution in [-0.2, 0) is 0 Å². The quantitative estimate of drug-likeness (QED) is 0.725. The summed E-state index contributed by atoms with van der Waals surface area (Å²) in [5.41, 5.74) is 1.84. The van der Waals surface area contributed by atoms with Crippen molar-refractivity contribution in [3.05, 3.63) is 23.4 Å². The number of ether oxygens (including phenoxy) is 1. The molecule has 0 aliphatic rings. The second-order valence-corrected chi connectivity index (χ2v) is 2.76. The van der Waals surface area contributed by atoms with Crippen molar-refractivity contribution in [2.75, 3.05) is 7.11 Å². The van der Waals surface area contributed by atoms with Crippen LogP contribution in [0, 0.1) is 6.92 Å². The van der Waals surface area contributed by atoms with Crippen LogP contribution in [0.5, 0.6) is 5.88 Å². The van der Waals surface area contributed by atoms with E-state index in [1.807, 2.05) is 13.0 Å². The summed E-state index contributed by atoms with van der Waals surface area (Å²) in [6.45, 7) is 3.64. The highest BCUT2D eigenvalue weighted by atomic mass is 16.5. The van der Waals surface area contributed by atoms with Crippen molar-refractivity contribution in [1.82, 2.24) is 4.98 Å². The molecule has 0 amide bonds. The predicted molar refractivity (Wildman–Crippen MR) is 46.2 cm³/mol. The van der Waals surface area contributed by atoms with Crippen LogP contribution >= 0.6 is 0 Å². The Kier molecular flexibility index (Phi) is 2.65. The number of rotatable bonds is 2. The fourth-order valence-electron chi connectivity index (χ4n) is 1.09. The number of aliphatic hydroxyl groups excluding tert-OH is 1. The highest BCUT2D eigenvalue weighted by Gasteiger charge is 2.05. The highest BCUT2D eigenvalue weighted by molar-refractivity contribution is 5.29.